The Balaban J connectivity index is 1.65. The highest BCUT2D eigenvalue weighted by atomic mass is 32.2. The lowest BCUT2D eigenvalue weighted by atomic mass is 10.1. The first-order valence-corrected chi connectivity index (χ1v) is 20.1. The van der Waals surface area contributed by atoms with Crippen molar-refractivity contribution in [2.45, 2.75) is 21.6 Å². The summed E-state index contributed by atoms with van der Waals surface area (Å²) in [5.74, 6) is -1.28. The van der Waals surface area contributed by atoms with E-state index >= 15 is 0 Å². The largest absolute Gasteiger partial charge is 0.505 e. The maximum absolute atomic E-state index is 13.0. The summed E-state index contributed by atoms with van der Waals surface area (Å²) in [5, 5.41) is 64.2. The van der Waals surface area contributed by atoms with Crippen molar-refractivity contribution < 1.29 is 78.9 Å². The zero-order chi connectivity index (χ0) is 40.0. The molecule has 0 aliphatic rings. The number of benzene rings is 4. The van der Waals surface area contributed by atoms with Crippen LogP contribution in [0.2, 0.25) is 0 Å². The summed E-state index contributed by atoms with van der Waals surface area (Å²) in [6, 6.07) is 12.4. The lowest BCUT2D eigenvalue weighted by Crippen LogP contribution is -2.12. The van der Waals surface area contributed by atoms with Gasteiger partial charge in [0.25, 0.3) is 0 Å². The van der Waals surface area contributed by atoms with Crippen LogP contribution in [0.1, 0.15) is 5.56 Å². The van der Waals surface area contributed by atoms with Crippen LogP contribution < -0.4 is 10.5 Å². The molecule has 0 radical (unpaired) electrons. The molecule has 0 spiro atoms. The van der Waals surface area contributed by atoms with E-state index in [1.165, 1.54) is 68.6 Å². The summed E-state index contributed by atoms with van der Waals surface area (Å²) in [6.07, 6.45) is 0. The SMILES string of the molecule is COc1cc(S(=O)(=O)CCOSOOO)c(C)cc1/N=N/c1c(SOOO)cc2c(/N=N/c3ccc(S(=O)(=O)CCOSOOO)cc3)c(N)ccc2c1O. The number of rotatable bonds is 22. The van der Waals surface area contributed by atoms with Crippen molar-refractivity contribution in [1.82, 2.24) is 0 Å². The van der Waals surface area contributed by atoms with Crippen molar-refractivity contribution in [3.05, 3.63) is 60.2 Å². The molecule has 4 aromatic rings. The summed E-state index contributed by atoms with van der Waals surface area (Å²) in [6.45, 7) is 0.941. The number of fused-ring (bicyclic) bond motifs is 1. The van der Waals surface area contributed by atoms with Crippen molar-refractivity contribution >= 4 is 95.6 Å². The molecule has 4 aromatic carbocycles. The Hall–Kier alpha value is -3.75. The smallest absolute Gasteiger partial charge is 0.197 e. The third kappa shape index (κ3) is 11.9. The average Bonchev–Trinajstić information content (AvgIpc) is 3.16. The summed E-state index contributed by atoms with van der Waals surface area (Å²) in [7, 11) is -6.37. The van der Waals surface area contributed by atoms with Gasteiger partial charge in [-0.2, -0.15) is 5.11 Å². The van der Waals surface area contributed by atoms with Gasteiger partial charge < -0.3 is 15.6 Å². The number of nitrogens with zero attached hydrogens (tertiary/aromatic N) is 4. The number of phenolic OH excluding ortho intramolecular Hbond substituents is 1. The number of sulfone groups is 2. The number of hydrogen-bond acceptors (Lipinski definition) is 25. The van der Waals surface area contributed by atoms with E-state index in [0.29, 0.717) is 12.0 Å². The van der Waals surface area contributed by atoms with Gasteiger partial charge in [-0.3, -0.25) is 8.37 Å². The van der Waals surface area contributed by atoms with E-state index < -0.39 is 36.9 Å². The van der Waals surface area contributed by atoms with Crippen molar-refractivity contribution in [2.75, 3.05) is 37.6 Å². The molecule has 0 heterocycles. The molecular weight excluding hydrogens is 839 g/mol. The number of ether oxygens (including phenoxy) is 1. The van der Waals surface area contributed by atoms with E-state index in [2.05, 4.69) is 48.6 Å². The molecule has 0 aliphatic carbocycles. The Morgan fingerprint density at radius 2 is 1.35 bits per heavy atom. The molecule has 0 aromatic heterocycles. The third-order valence-corrected chi connectivity index (χ3v) is 11.9. The van der Waals surface area contributed by atoms with E-state index in [9.17, 15) is 21.9 Å². The lowest BCUT2D eigenvalue weighted by molar-refractivity contribution is -0.434. The summed E-state index contributed by atoms with van der Waals surface area (Å²) >= 11 is 0.926. The zero-order valence-corrected chi connectivity index (χ0v) is 32.1. The first kappa shape index (κ1) is 44.0. The first-order valence-electron chi connectivity index (χ1n) is 14.7. The minimum atomic E-state index is -3.90. The molecule has 0 unspecified atom stereocenters. The fourth-order valence-electron chi connectivity index (χ4n) is 4.55. The minimum absolute atomic E-state index is 0.0127. The third-order valence-electron chi connectivity index (χ3n) is 7.00. The van der Waals surface area contributed by atoms with Crippen molar-refractivity contribution in [1.29, 1.82) is 0 Å². The molecule has 27 heteroatoms. The normalized spacial score (nSPS) is 12.4. The molecule has 0 atom stereocenters. The molecule has 0 amide bonds. The molecule has 0 fully saturated rings. The molecule has 0 saturated carbocycles. The standard InChI is InChI=1S/C28H29N5O17S5/c1-16-13-22(23(42-2)15-25(16)55(40,41)12-10-44-53-50-47-37)31-33-27-24(51-48-45-35)14-20-19(28(27)34)7-8-21(29)26(20)32-30-17-3-5-18(6-4-17)54(38,39)11-9-43-52-49-46-36/h3-8,13-15,34-37H,9-12,29H2,1-2H3/b32-30+,33-31+. The van der Waals surface area contributed by atoms with Gasteiger partial charge in [0.05, 0.1) is 69.9 Å². The number of nitrogen functional groups attached to an aromatic ring is 1. The molecule has 298 valence electrons. The van der Waals surface area contributed by atoms with Crippen LogP contribution in [0.15, 0.2) is 89.7 Å². The fraction of sp³-hybridized carbons (Fsp3) is 0.214. The predicted molar refractivity (Wildman–Crippen MR) is 194 cm³/mol. The van der Waals surface area contributed by atoms with Crippen LogP contribution in [0.4, 0.5) is 28.4 Å². The Labute approximate surface area is 324 Å². The Kier molecular flexibility index (Phi) is 16.8. The number of azo groups is 2. The summed E-state index contributed by atoms with van der Waals surface area (Å²) < 4.78 is 78.9. The van der Waals surface area contributed by atoms with Crippen LogP contribution in [0.5, 0.6) is 11.5 Å². The van der Waals surface area contributed by atoms with Crippen molar-refractivity contribution in [2.24, 2.45) is 20.5 Å². The van der Waals surface area contributed by atoms with Crippen molar-refractivity contribution in [3.8, 4) is 11.5 Å². The number of nitrogens with two attached hydrogens (primary N) is 1. The Bertz CT molecular complexity index is 2210. The van der Waals surface area contributed by atoms with E-state index in [4.69, 9.17) is 34.6 Å². The van der Waals surface area contributed by atoms with Gasteiger partial charge in [0.15, 0.2) is 50.1 Å². The number of aryl methyl sites for hydroxylation is 1. The molecule has 0 aliphatic heterocycles. The van der Waals surface area contributed by atoms with Crippen LogP contribution in [0, 0.1) is 6.92 Å². The molecular formula is C28H29N5O17S5. The van der Waals surface area contributed by atoms with Gasteiger partial charge in [-0.15, -0.1) is 28.3 Å². The number of aromatic hydroxyl groups is 1. The maximum Gasteiger partial charge on any atom is 0.197 e. The second-order valence-electron chi connectivity index (χ2n) is 10.3. The fourth-order valence-corrected chi connectivity index (χ4v) is 8.13. The van der Waals surface area contributed by atoms with Gasteiger partial charge in [-0.05, 0) is 61.0 Å². The maximum atomic E-state index is 13.0. The van der Waals surface area contributed by atoms with Gasteiger partial charge >= 0.3 is 0 Å². The average molecular weight is 868 g/mol. The summed E-state index contributed by atoms with van der Waals surface area (Å²) in [4.78, 5) is -0.0712. The van der Waals surface area contributed by atoms with Gasteiger partial charge in [-0.1, -0.05) is 15.1 Å². The molecule has 0 saturated heterocycles. The molecule has 6 N–H and O–H groups in total. The second kappa shape index (κ2) is 21.0. The highest BCUT2D eigenvalue weighted by Gasteiger charge is 2.22. The highest BCUT2D eigenvalue weighted by molar-refractivity contribution is 7.94. The number of hydrogen-bond donors (Lipinski definition) is 5. The number of methoxy groups -OCH3 is 1. The van der Waals surface area contributed by atoms with Gasteiger partial charge in [-0.25, -0.2) is 32.6 Å². The van der Waals surface area contributed by atoms with Crippen LogP contribution >= 0.6 is 36.7 Å². The topological polar surface area (TPSA) is 308 Å². The van der Waals surface area contributed by atoms with Gasteiger partial charge in [0, 0.05) is 16.8 Å². The van der Waals surface area contributed by atoms with Crippen molar-refractivity contribution in [3.63, 3.8) is 0 Å². The molecule has 0 bridgehead atoms. The predicted octanol–water partition coefficient (Wildman–Crippen LogP) is 7.25. The number of phenols is 1. The van der Waals surface area contributed by atoms with Crippen LogP contribution in [-0.4, -0.2) is 69.5 Å². The molecule has 55 heavy (non-hydrogen) atoms. The van der Waals surface area contributed by atoms with Gasteiger partial charge in [0.2, 0.25) is 0 Å². The van der Waals surface area contributed by atoms with E-state index in [1.54, 1.807) is 0 Å². The number of anilines is 1. The first-order chi connectivity index (χ1) is 26.4. The Morgan fingerprint density at radius 3 is 1.96 bits per heavy atom. The van der Waals surface area contributed by atoms with Crippen LogP contribution in [0.25, 0.3) is 10.8 Å². The zero-order valence-electron chi connectivity index (χ0n) is 28.0. The lowest BCUT2D eigenvalue weighted by Gasteiger charge is -2.13. The van der Waals surface area contributed by atoms with E-state index in [1.807, 2.05) is 0 Å². The molecule has 22 nitrogen and oxygen atoms in total. The van der Waals surface area contributed by atoms with Gasteiger partial charge in [0.1, 0.15) is 22.8 Å². The van der Waals surface area contributed by atoms with E-state index in [0.717, 1.165) is 0 Å². The minimum Gasteiger partial charge on any atom is -0.505 e. The monoisotopic (exact) mass is 867 g/mol. The Morgan fingerprint density at radius 1 is 0.727 bits per heavy atom. The van der Waals surface area contributed by atoms with Crippen LogP contribution in [-0.2, 0) is 56.2 Å². The molecule has 4 rings (SSSR count). The quantitative estimate of drug-likeness (QED) is 0.0130. The van der Waals surface area contributed by atoms with E-state index in [-0.39, 0.29) is 103 Å². The summed E-state index contributed by atoms with van der Waals surface area (Å²) in [5.41, 5.74) is 6.89. The van der Waals surface area contributed by atoms with Crippen LogP contribution in [0.3, 0.4) is 0 Å². The highest BCUT2D eigenvalue weighted by Crippen LogP contribution is 2.48. The second-order valence-corrected chi connectivity index (χ2v) is 16.2.